The minimum atomic E-state index is -0.760. The van der Waals surface area contributed by atoms with Crippen LogP contribution in [-0.4, -0.2) is 55.4 Å². The molecular formula is C24H27F2N3O3. The average Bonchev–Trinajstić information content (AvgIpc) is 3.13. The summed E-state index contributed by atoms with van der Waals surface area (Å²) >= 11 is 0. The molecule has 0 bridgehead atoms. The molecule has 2 aliphatic rings. The normalized spacial score (nSPS) is 21.5. The number of cyclic esters (lactones) is 1. The maximum absolute atomic E-state index is 14.9. The summed E-state index contributed by atoms with van der Waals surface area (Å²) in [6.07, 6.45) is -0.297. The number of amides is 2. The minimum Gasteiger partial charge on any atom is -0.442 e. The summed E-state index contributed by atoms with van der Waals surface area (Å²) in [5.74, 6) is -0.645. The van der Waals surface area contributed by atoms with E-state index in [1.165, 1.54) is 17.9 Å². The van der Waals surface area contributed by atoms with E-state index in [1.807, 2.05) is 24.3 Å². The third kappa shape index (κ3) is 5.24. The molecule has 0 aliphatic carbocycles. The van der Waals surface area contributed by atoms with Crippen molar-refractivity contribution < 1.29 is 23.1 Å². The van der Waals surface area contributed by atoms with Crippen molar-refractivity contribution in [2.75, 3.05) is 31.1 Å². The molecule has 2 atom stereocenters. The molecule has 0 saturated carbocycles. The van der Waals surface area contributed by atoms with E-state index in [-0.39, 0.29) is 19.0 Å². The predicted octanol–water partition coefficient (Wildman–Crippen LogP) is 3.89. The molecule has 2 aromatic carbocycles. The Kier molecular flexibility index (Phi) is 6.69. The van der Waals surface area contributed by atoms with Gasteiger partial charge in [0.15, 0.2) is 0 Å². The van der Waals surface area contributed by atoms with Gasteiger partial charge in [-0.05, 0) is 48.7 Å². The van der Waals surface area contributed by atoms with E-state index in [4.69, 9.17) is 4.74 Å². The third-order valence-electron chi connectivity index (χ3n) is 5.84. The summed E-state index contributed by atoms with van der Waals surface area (Å²) in [7, 11) is 0. The first-order valence-electron chi connectivity index (χ1n) is 10.9. The second-order valence-electron chi connectivity index (χ2n) is 8.39. The lowest BCUT2D eigenvalue weighted by Crippen LogP contribution is -2.35. The Hall–Kier alpha value is -3.00. The van der Waals surface area contributed by atoms with Gasteiger partial charge in [0.1, 0.15) is 18.1 Å². The monoisotopic (exact) mass is 443 g/mol. The topological polar surface area (TPSA) is 61.9 Å². The van der Waals surface area contributed by atoms with Gasteiger partial charge in [0.25, 0.3) is 0 Å². The number of benzene rings is 2. The van der Waals surface area contributed by atoms with E-state index in [1.54, 1.807) is 12.1 Å². The van der Waals surface area contributed by atoms with Crippen molar-refractivity contribution in [3.05, 3.63) is 53.8 Å². The van der Waals surface area contributed by atoms with Crippen LogP contribution in [0.3, 0.4) is 0 Å². The molecular weight excluding hydrogens is 416 g/mol. The Bertz CT molecular complexity index is 983. The van der Waals surface area contributed by atoms with Crippen LogP contribution in [0.15, 0.2) is 42.5 Å². The molecule has 8 heteroatoms. The summed E-state index contributed by atoms with van der Waals surface area (Å²) < 4.78 is 33.7. The zero-order valence-electron chi connectivity index (χ0n) is 18.0. The lowest BCUT2D eigenvalue weighted by Gasteiger charge is -2.28. The molecule has 2 saturated heterocycles. The van der Waals surface area contributed by atoms with Crippen LogP contribution in [0.1, 0.15) is 25.3 Å². The molecule has 0 unspecified atom stereocenters. The van der Waals surface area contributed by atoms with E-state index >= 15 is 0 Å². The van der Waals surface area contributed by atoms with Gasteiger partial charge in [0, 0.05) is 25.6 Å². The molecule has 32 heavy (non-hydrogen) atoms. The van der Waals surface area contributed by atoms with Gasteiger partial charge in [-0.2, -0.15) is 0 Å². The fraction of sp³-hybridized carbons (Fsp3) is 0.417. The Balaban J connectivity index is 1.42. The van der Waals surface area contributed by atoms with Gasteiger partial charge >= 0.3 is 6.09 Å². The van der Waals surface area contributed by atoms with E-state index < -0.39 is 24.2 Å². The number of halogens is 2. The van der Waals surface area contributed by atoms with Gasteiger partial charge in [-0.25, -0.2) is 13.6 Å². The van der Waals surface area contributed by atoms with Crippen LogP contribution in [-0.2, 0) is 16.1 Å². The first-order chi connectivity index (χ1) is 15.4. The number of nitrogens with one attached hydrogen (secondary N) is 1. The number of piperidine rings is 1. The van der Waals surface area contributed by atoms with Crippen LogP contribution in [0.4, 0.5) is 19.3 Å². The number of hydrogen-bond acceptors (Lipinski definition) is 4. The van der Waals surface area contributed by atoms with E-state index in [0.29, 0.717) is 30.8 Å². The van der Waals surface area contributed by atoms with Crippen LogP contribution in [0, 0.1) is 5.82 Å². The largest absolute Gasteiger partial charge is 0.442 e. The van der Waals surface area contributed by atoms with Crippen LogP contribution < -0.4 is 10.2 Å². The maximum Gasteiger partial charge on any atom is 0.414 e. The number of rotatable bonds is 6. The standard InChI is InChI=1S/C24H27F2N3O3/c1-16(30)27-12-21-15-29(24(31)32-21)20-8-9-22(23(26)11-20)18-6-4-17(5-7-18)13-28-10-2-3-19(25)14-28/h4-9,11,19,21H,2-3,10,12-15H2,1H3,(H,27,30)/t19-,21+/m1/s1. The summed E-state index contributed by atoms with van der Waals surface area (Å²) in [6, 6.07) is 12.2. The highest BCUT2D eigenvalue weighted by molar-refractivity contribution is 5.90. The predicted molar refractivity (Wildman–Crippen MR) is 118 cm³/mol. The molecule has 1 N–H and O–H groups in total. The number of nitrogens with zero attached hydrogens (tertiary/aromatic N) is 2. The van der Waals surface area contributed by atoms with Crippen LogP contribution >= 0.6 is 0 Å². The van der Waals surface area contributed by atoms with Crippen molar-refractivity contribution in [3.63, 3.8) is 0 Å². The molecule has 2 amide bonds. The lowest BCUT2D eigenvalue weighted by molar-refractivity contribution is -0.119. The van der Waals surface area contributed by atoms with Crippen molar-refractivity contribution in [1.29, 1.82) is 0 Å². The van der Waals surface area contributed by atoms with Gasteiger partial charge in [-0.15, -0.1) is 0 Å². The first-order valence-corrected chi connectivity index (χ1v) is 10.9. The number of hydrogen-bond donors (Lipinski definition) is 1. The smallest absolute Gasteiger partial charge is 0.414 e. The molecule has 2 heterocycles. The van der Waals surface area contributed by atoms with Crippen LogP contribution in [0.2, 0.25) is 0 Å². The van der Waals surface area contributed by atoms with Gasteiger partial charge in [-0.1, -0.05) is 24.3 Å². The molecule has 2 aliphatic heterocycles. The maximum atomic E-state index is 14.9. The summed E-state index contributed by atoms with van der Waals surface area (Å²) in [5.41, 5.74) is 2.63. The van der Waals surface area contributed by atoms with Crippen molar-refractivity contribution in [2.24, 2.45) is 0 Å². The summed E-state index contributed by atoms with van der Waals surface area (Å²) in [6.45, 7) is 3.88. The second kappa shape index (κ2) is 9.65. The minimum absolute atomic E-state index is 0.205. The molecule has 2 fully saturated rings. The zero-order valence-corrected chi connectivity index (χ0v) is 18.0. The number of alkyl halides is 1. The average molecular weight is 443 g/mol. The molecule has 2 aromatic rings. The summed E-state index contributed by atoms with van der Waals surface area (Å²) in [4.78, 5) is 26.7. The molecule has 4 rings (SSSR count). The molecule has 0 spiro atoms. The van der Waals surface area contributed by atoms with E-state index in [2.05, 4.69) is 10.2 Å². The first kappa shape index (κ1) is 22.2. The van der Waals surface area contributed by atoms with Crippen molar-refractivity contribution >= 4 is 17.7 Å². The number of carbonyl (C=O) groups is 2. The highest BCUT2D eigenvalue weighted by Crippen LogP contribution is 2.29. The van der Waals surface area contributed by atoms with Crippen molar-refractivity contribution in [1.82, 2.24) is 10.2 Å². The Labute approximate surface area is 186 Å². The van der Waals surface area contributed by atoms with E-state index in [9.17, 15) is 18.4 Å². The zero-order chi connectivity index (χ0) is 22.7. The van der Waals surface area contributed by atoms with Gasteiger partial charge in [0.2, 0.25) is 5.91 Å². The fourth-order valence-electron chi connectivity index (χ4n) is 4.19. The number of ether oxygens (including phenoxy) is 1. The Morgan fingerprint density at radius 2 is 1.97 bits per heavy atom. The fourth-order valence-corrected chi connectivity index (χ4v) is 4.19. The number of likely N-dealkylation sites (tertiary alicyclic amines) is 1. The third-order valence-corrected chi connectivity index (χ3v) is 5.84. The highest BCUT2D eigenvalue weighted by Gasteiger charge is 2.32. The molecule has 170 valence electrons. The van der Waals surface area contributed by atoms with E-state index in [0.717, 1.165) is 24.1 Å². The van der Waals surface area contributed by atoms with Crippen LogP contribution in [0.5, 0.6) is 0 Å². The van der Waals surface area contributed by atoms with Gasteiger partial charge in [0.05, 0.1) is 18.8 Å². The second-order valence-corrected chi connectivity index (χ2v) is 8.39. The molecule has 0 radical (unpaired) electrons. The van der Waals surface area contributed by atoms with Crippen LogP contribution in [0.25, 0.3) is 11.1 Å². The highest BCUT2D eigenvalue weighted by atomic mass is 19.1. The van der Waals surface area contributed by atoms with Gasteiger partial charge in [-0.3, -0.25) is 14.6 Å². The molecule has 6 nitrogen and oxygen atoms in total. The Morgan fingerprint density at radius 3 is 2.66 bits per heavy atom. The summed E-state index contributed by atoms with van der Waals surface area (Å²) in [5, 5.41) is 2.62. The quantitative estimate of drug-likeness (QED) is 0.736. The SMILES string of the molecule is CC(=O)NC[C@H]1CN(c2ccc(-c3ccc(CN4CCC[C@@H](F)C4)cc3)c(F)c2)C(=O)O1. The number of carbonyl (C=O) groups excluding carboxylic acids is 2. The van der Waals surface area contributed by atoms with Crippen molar-refractivity contribution in [2.45, 2.75) is 38.6 Å². The van der Waals surface area contributed by atoms with Crippen molar-refractivity contribution in [3.8, 4) is 11.1 Å². The lowest BCUT2D eigenvalue weighted by atomic mass is 10.0. The Morgan fingerprint density at radius 1 is 1.19 bits per heavy atom. The molecule has 0 aromatic heterocycles. The number of anilines is 1. The van der Waals surface area contributed by atoms with Gasteiger partial charge < -0.3 is 10.1 Å².